The molecule has 2 rings (SSSR count). The largest absolute Gasteiger partial charge is 0.350 e. The molecule has 1 heterocycles. The zero-order valence-electron chi connectivity index (χ0n) is 8.76. The van der Waals surface area contributed by atoms with E-state index in [0.29, 0.717) is 13.2 Å². The minimum Gasteiger partial charge on any atom is -0.350 e. The molecule has 2 atom stereocenters. The van der Waals surface area contributed by atoms with E-state index in [4.69, 9.17) is 15.2 Å². The number of aryl methyl sites for hydroxylation is 1. The van der Waals surface area contributed by atoms with Gasteiger partial charge in [0, 0.05) is 13.0 Å². The molecule has 3 nitrogen and oxygen atoms in total. The molecule has 0 saturated carbocycles. The standard InChI is InChI=1S/C12H17NO2/c13-8-11-9-14-12(15-11)7-6-10-4-2-1-3-5-10/h1-5,11-12H,6-9,13H2. The van der Waals surface area contributed by atoms with Crippen LogP contribution in [0.3, 0.4) is 0 Å². The second kappa shape index (κ2) is 5.26. The minimum atomic E-state index is -0.0706. The molecule has 1 saturated heterocycles. The molecule has 1 fully saturated rings. The normalized spacial score (nSPS) is 25.7. The first-order valence-electron chi connectivity index (χ1n) is 5.39. The van der Waals surface area contributed by atoms with E-state index in [1.54, 1.807) is 0 Å². The predicted octanol–water partition coefficient (Wildman–Crippen LogP) is 1.32. The van der Waals surface area contributed by atoms with Crippen LogP contribution in [0.25, 0.3) is 0 Å². The summed E-state index contributed by atoms with van der Waals surface area (Å²) in [6.45, 7) is 1.18. The van der Waals surface area contributed by atoms with E-state index in [0.717, 1.165) is 12.8 Å². The molecule has 82 valence electrons. The summed E-state index contributed by atoms with van der Waals surface area (Å²) < 4.78 is 11.1. The Bertz CT molecular complexity index is 289. The van der Waals surface area contributed by atoms with Gasteiger partial charge >= 0.3 is 0 Å². The zero-order valence-corrected chi connectivity index (χ0v) is 8.76. The van der Waals surface area contributed by atoms with Crippen LogP contribution in [-0.4, -0.2) is 25.5 Å². The maximum Gasteiger partial charge on any atom is 0.158 e. The summed E-state index contributed by atoms with van der Waals surface area (Å²) in [5.74, 6) is 0. The lowest BCUT2D eigenvalue weighted by molar-refractivity contribution is -0.0600. The molecule has 3 heteroatoms. The number of rotatable bonds is 4. The van der Waals surface area contributed by atoms with Crippen molar-refractivity contribution in [1.82, 2.24) is 0 Å². The molecule has 0 spiro atoms. The van der Waals surface area contributed by atoms with Crippen LogP contribution < -0.4 is 5.73 Å². The molecule has 1 aromatic rings. The number of hydrogen-bond acceptors (Lipinski definition) is 3. The summed E-state index contributed by atoms with van der Waals surface area (Å²) in [6, 6.07) is 10.4. The van der Waals surface area contributed by atoms with E-state index in [-0.39, 0.29) is 12.4 Å². The van der Waals surface area contributed by atoms with Gasteiger partial charge in [-0.25, -0.2) is 0 Å². The summed E-state index contributed by atoms with van der Waals surface area (Å²) in [5.41, 5.74) is 6.82. The molecule has 1 aromatic carbocycles. The summed E-state index contributed by atoms with van der Waals surface area (Å²) in [6.07, 6.45) is 1.91. The Morgan fingerprint density at radius 1 is 1.27 bits per heavy atom. The minimum absolute atomic E-state index is 0.0706. The third-order valence-electron chi connectivity index (χ3n) is 2.59. The summed E-state index contributed by atoms with van der Waals surface area (Å²) in [7, 11) is 0. The first kappa shape index (κ1) is 10.6. The molecule has 1 aliphatic heterocycles. The van der Waals surface area contributed by atoms with Crippen LogP contribution in [0, 0.1) is 0 Å². The Balaban J connectivity index is 1.75. The number of hydrogen-bond donors (Lipinski definition) is 1. The van der Waals surface area contributed by atoms with Crippen molar-refractivity contribution in [2.75, 3.05) is 13.2 Å². The topological polar surface area (TPSA) is 44.5 Å². The van der Waals surface area contributed by atoms with Gasteiger partial charge in [0.15, 0.2) is 6.29 Å². The molecular formula is C12H17NO2. The van der Waals surface area contributed by atoms with Gasteiger partial charge in [-0.2, -0.15) is 0 Å². The van der Waals surface area contributed by atoms with Crippen molar-refractivity contribution in [2.45, 2.75) is 25.2 Å². The van der Waals surface area contributed by atoms with Gasteiger partial charge in [0.2, 0.25) is 0 Å². The van der Waals surface area contributed by atoms with E-state index in [2.05, 4.69) is 12.1 Å². The Labute approximate surface area is 90.2 Å². The SMILES string of the molecule is NCC1COC(CCc2ccccc2)O1. The molecule has 2 unspecified atom stereocenters. The summed E-state index contributed by atoms with van der Waals surface area (Å²) >= 11 is 0. The quantitative estimate of drug-likeness (QED) is 0.809. The van der Waals surface area contributed by atoms with Crippen LogP contribution in [0.5, 0.6) is 0 Å². The Morgan fingerprint density at radius 3 is 2.73 bits per heavy atom. The van der Waals surface area contributed by atoms with Crippen molar-refractivity contribution in [3.8, 4) is 0 Å². The fraction of sp³-hybridized carbons (Fsp3) is 0.500. The predicted molar refractivity (Wildman–Crippen MR) is 58.4 cm³/mol. The van der Waals surface area contributed by atoms with Crippen molar-refractivity contribution in [3.63, 3.8) is 0 Å². The summed E-state index contributed by atoms with van der Waals surface area (Å²) in [4.78, 5) is 0. The average Bonchev–Trinajstić information content (AvgIpc) is 2.76. The van der Waals surface area contributed by atoms with E-state index >= 15 is 0 Å². The van der Waals surface area contributed by atoms with Crippen LogP contribution in [0.2, 0.25) is 0 Å². The highest BCUT2D eigenvalue weighted by atomic mass is 16.7. The first-order chi connectivity index (χ1) is 7.38. The average molecular weight is 207 g/mol. The molecule has 2 N–H and O–H groups in total. The monoisotopic (exact) mass is 207 g/mol. The van der Waals surface area contributed by atoms with Gasteiger partial charge in [0.05, 0.1) is 12.7 Å². The Hall–Kier alpha value is -0.900. The van der Waals surface area contributed by atoms with Gasteiger partial charge in [-0.1, -0.05) is 30.3 Å². The smallest absolute Gasteiger partial charge is 0.158 e. The second-order valence-corrected chi connectivity index (χ2v) is 3.78. The molecule has 0 amide bonds. The highest BCUT2D eigenvalue weighted by molar-refractivity contribution is 5.14. The lowest BCUT2D eigenvalue weighted by Gasteiger charge is -2.10. The third-order valence-corrected chi connectivity index (χ3v) is 2.59. The maximum atomic E-state index is 5.59. The number of nitrogens with two attached hydrogens (primary N) is 1. The lowest BCUT2D eigenvalue weighted by Crippen LogP contribution is -2.22. The highest BCUT2D eigenvalue weighted by Gasteiger charge is 2.24. The van der Waals surface area contributed by atoms with Gasteiger partial charge in [0.25, 0.3) is 0 Å². The van der Waals surface area contributed by atoms with Crippen molar-refractivity contribution < 1.29 is 9.47 Å². The second-order valence-electron chi connectivity index (χ2n) is 3.78. The molecule has 0 radical (unpaired) electrons. The molecule has 0 aliphatic carbocycles. The first-order valence-corrected chi connectivity index (χ1v) is 5.39. The fourth-order valence-corrected chi connectivity index (χ4v) is 1.71. The Morgan fingerprint density at radius 2 is 2.07 bits per heavy atom. The zero-order chi connectivity index (χ0) is 10.5. The lowest BCUT2D eigenvalue weighted by atomic mass is 10.1. The van der Waals surface area contributed by atoms with Crippen molar-refractivity contribution in [3.05, 3.63) is 35.9 Å². The van der Waals surface area contributed by atoms with Crippen LogP contribution in [0.4, 0.5) is 0 Å². The van der Waals surface area contributed by atoms with Crippen LogP contribution >= 0.6 is 0 Å². The molecule has 0 aromatic heterocycles. The number of ether oxygens (including phenoxy) is 2. The van der Waals surface area contributed by atoms with E-state index in [1.807, 2.05) is 18.2 Å². The van der Waals surface area contributed by atoms with Gasteiger partial charge in [0.1, 0.15) is 0 Å². The van der Waals surface area contributed by atoms with Gasteiger partial charge in [-0.15, -0.1) is 0 Å². The van der Waals surface area contributed by atoms with Crippen molar-refractivity contribution in [2.24, 2.45) is 5.73 Å². The summed E-state index contributed by atoms with van der Waals surface area (Å²) in [5, 5.41) is 0. The van der Waals surface area contributed by atoms with Crippen LogP contribution in [0.15, 0.2) is 30.3 Å². The van der Waals surface area contributed by atoms with Gasteiger partial charge < -0.3 is 15.2 Å². The van der Waals surface area contributed by atoms with Gasteiger partial charge in [-0.05, 0) is 12.0 Å². The van der Waals surface area contributed by atoms with Crippen LogP contribution in [0.1, 0.15) is 12.0 Å². The highest BCUT2D eigenvalue weighted by Crippen LogP contribution is 2.16. The van der Waals surface area contributed by atoms with Crippen molar-refractivity contribution in [1.29, 1.82) is 0 Å². The molecule has 15 heavy (non-hydrogen) atoms. The van der Waals surface area contributed by atoms with Crippen molar-refractivity contribution >= 4 is 0 Å². The molecule has 0 bridgehead atoms. The molecule has 1 aliphatic rings. The van der Waals surface area contributed by atoms with Crippen LogP contribution in [-0.2, 0) is 15.9 Å². The Kier molecular flexibility index (Phi) is 3.72. The van der Waals surface area contributed by atoms with E-state index in [1.165, 1.54) is 5.56 Å². The van der Waals surface area contributed by atoms with E-state index < -0.39 is 0 Å². The maximum absolute atomic E-state index is 5.59. The molecular weight excluding hydrogens is 190 g/mol. The van der Waals surface area contributed by atoms with E-state index in [9.17, 15) is 0 Å². The number of benzene rings is 1. The third kappa shape index (κ3) is 3.02. The fourth-order valence-electron chi connectivity index (χ4n) is 1.71. The van der Waals surface area contributed by atoms with Gasteiger partial charge in [-0.3, -0.25) is 0 Å².